The Bertz CT molecular complexity index is 615. The minimum Gasteiger partial charge on any atom is -0.229 e. The van der Waals surface area contributed by atoms with Gasteiger partial charge in [-0.2, -0.15) is 0 Å². The van der Waals surface area contributed by atoms with Gasteiger partial charge in [-0.15, -0.1) is 0 Å². The Balaban J connectivity index is 2.32. The third kappa shape index (κ3) is 4.09. The van der Waals surface area contributed by atoms with Crippen molar-refractivity contribution in [3.63, 3.8) is 0 Å². The summed E-state index contributed by atoms with van der Waals surface area (Å²) in [4.78, 5) is 0. The standard InChI is InChI=1S/C14H16Br3FO2S/c15-8-14(9-16,11-3-4-21(19,20)7-11)6-10-5-12(17)1-2-13(10)18/h1-2,5,11H,3-4,6-9H2. The van der Waals surface area contributed by atoms with Gasteiger partial charge in [0, 0.05) is 15.1 Å². The van der Waals surface area contributed by atoms with Crippen LogP contribution in [-0.4, -0.2) is 30.6 Å². The predicted octanol–water partition coefficient (Wildman–Crippen LogP) is 4.34. The minimum atomic E-state index is -2.95. The van der Waals surface area contributed by atoms with Gasteiger partial charge in [0.2, 0.25) is 0 Å². The lowest BCUT2D eigenvalue weighted by molar-refractivity contribution is 0.250. The molecule has 0 aliphatic carbocycles. The highest BCUT2D eigenvalue weighted by molar-refractivity contribution is 9.10. The van der Waals surface area contributed by atoms with Crippen molar-refractivity contribution in [2.45, 2.75) is 12.8 Å². The van der Waals surface area contributed by atoms with E-state index in [2.05, 4.69) is 47.8 Å². The summed E-state index contributed by atoms with van der Waals surface area (Å²) >= 11 is 10.4. The first-order chi connectivity index (χ1) is 9.82. The highest BCUT2D eigenvalue weighted by atomic mass is 79.9. The topological polar surface area (TPSA) is 34.1 Å². The quantitative estimate of drug-likeness (QED) is 0.557. The van der Waals surface area contributed by atoms with Crippen LogP contribution in [0, 0.1) is 17.2 Å². The second-order valence-electron chi connectivity index (χ2n) is 5.64. The molecular weight excluding hydrogens is 491 g/mol. The molecule has 0 N–H and O–H groups in total. The molecule has 2 rings (SSSR count). The molecule has 0 spiro atoms. The van der Waals surface area contributed by atoms with Crippen molar-refractivity contribution in [3.05, 3.63) is 34.1 Å². The highest BCUT2D eigenvalue weighted by Crippen LogP contribution is 2.42. The first-order valence-corrected chi connectivity index (χ1v) is 11.4. The molecule has 1 heterocycles. The summed E-state index contributed by atoms with van der Waals surface area (Å²) in [7, 11) is -2.95. The van der Waals surface area contributed by atoms with Crippen molar-refractivity contribution in [3.8, 4) is 0 Å². The van der Waals surface area contributed by atoms with E-state index in [1.807, 2.05) is 0 Å². The van der Waals surface area contributed by atoms with Crippen molar-refractivity contribution in [1.82, 2.24) is 0 Å². The Hall–Kier alpha value is 0.540. The van der Waals surface area contributed by atoms with Gasteiger partial charge in [0.25, 0.3) is 0 Å². The number of benzene rings is 1. The van der Waals surface area contributed by atoms with Gasteiger partial charge in [0.1, 0.15) is 5.82 Å². The van der Waals surface area contributed by atoms with Crippen LogP contribution in [0.15, 0.2) is 22.7 Å². The lowest BCUT2D eigenvalue weighted by Gasteiger charge is -2.36. The van der Waals surface area contributed by atoms with E-state index in [1.165, 1.54) is 6.07 Å². The molecule has 2 nitrogen and oxygen atoms in total. The molecule has 0 saturated carbocycles. The van der Waals surface area contributed by atoms with Gasteiger partial charge in [0.15, 0.2) is 9.84 Å². The molecule has 21 heavy (non-hydrogen) atoms. The molecule has 118 valence electrons. The van der Waals surface area contributed by atoms with E-state index in [0.717, 1.165) is 4.47 Å². The van der Waals surface area contributed by atoms with E-state index in [-0.39, 0.29) is 28.7 Å². The Kier molecular flexibility index (Phi) is 5.94. The van der Waals surface area contributed by atoms with Gasteiger partial charge >= 0.3 is 0 Å². The molecule has 7 heteroatoms. The number of halogens is 4. The largest absolute Gasteiger partial charge is 0.229 e. The average Bonchev–Trinajstić information content (AvgIpc) is 2.81. The molecule has 1 saturated heterocycles. The summed E-state index contributed by atoms with van der Waals surface area (Å²) in [6, 6.07) is 4.89. The molecule has 1 fully saturated rings. The first-order valence-electron chi connectivity index (χ1n) is 6.58. The molecule has 0 radical (unpaired) electrons. The van der Waals surface area contributed by atoms with Gasteiger partial charge in [-0.25, -0.2) is 12.8 Å². The fourth-order valence-corrected chi connectivity index (χ4v) is 7.42. The van der Waals surface area contributed by atoms with Crippen LogP contribution in [0.5, 0.6) is 0 Å². The minimum absolute atomic E-state index is 0.0413. The van der Waals surface area contributed by atoms with Crippen molar-refractivity contribution >= 4 is 57.6 Å². The van der Waals surface area contributed by atoms with Gasteiger partial charge in [-0.3, -0.25) is 0 Å². The molecular formula is C14H16Br3FO2S. The fraction of sp³-hybridized carbons (Fsp3) is 0.571. The second kappa shape index (κ2) is 6.97. The van der Waals surface area contributed by atoms with E-state index in [9.17, 15) is 12.8 Å². The molecule has 1 atom stereocenters. The number of rotatable bonds is 5. The summed E-state index contributed by atoms with van der Waals surface area (Å²) in [6.07, 6.45) is 1.16. The Morgan fingerprint density at radius 2 is 1.95 bits per heavy atom. The third-order valence-electron chi connectivity index (χ3n) is 4.18. The molecule has 1 aliphatic heterocycles. The van der Waals surface area contributed by atoms with E-state index in [1.54, 1.807) is 12.1 Å². The van der Waals surface area contributed by atoms with Gasteiger partial charge < -0.3 is 0 Å². The molecule has 1 aromatic rings. The highest BCUT2D eigenvalue weighted by Gasteiger charge is 2.43. The lowest BCUT2D eigenvalue weighted by atomic mass is 9.74. The molecule has 1 aromatic carbocycles. The zero-order chi connectivity index (χ0) is 15.7. The van der Waals surface area contributed by atoms with E-state index >= 15 is 0 Å². The maximum atomic E-state index is 14.0. The van der Waals surface area contributed by atoms with Crippen LogP contribution in [0.4, 0.5) is 4.39 Å². The van der Waals surface area contributed by atoms with Crippen LogP contribution in [0.1, 0.15) is 12.0 Å². The van der Waals surface area contributed by atoms with Crippen molar-refractivity contribution in [2.75, 3.05) is 22.2 Å². The van der Waals surface area contributed by atoms with Crippen LogP contribution in [0.25, 0.3) is 0 Å². The SMILES string of the molecule is O=S1(=O)CCC(C(CBr)(CBr)Cc2cc(Br)ccc2F)C1. The summed E-state index contributed by atoms with van der Waals surface area (Å²) in [5.74, 6) is 0.227. The first kappa shape index (κ1) is 17.9. The van der Waals surface area contributed by atoms with Crippen LogP contribution in [0.2, 0.25) is 0 Å². The zero-order valence-corrected chi connectivity index (χ0v) is 16.9. The van der Waals surface area contributed by atoms with E-state index < -0.39 is 9.84 Å². The van der Waals surface area contributed by atoms with E-state index in [0.29, 0.717) is 29.1 Å². The average molecular weight is 507 g/mol. The zero-order valence-electron chi connectivity index (χ0n) is 11.3. The second-order valence-corrected chi connectivity index (χ2v) is 9.91. The monoisotopic (exact) mass is 504 g/mol. The molecule has 0 amide bonds. The Morgan fingerprint density at radius 1 is 1.29 bits per heavy atom. The normalized spacial score (nSPS) is 21.6. The number of hydrogen-bond donors (Lipinski definition) is 0. The van der Waals surface area contributed by atoms with Gasteiger partial charge in [-0.1, -0.05) is 47.8 Å². The van der Waals surface area contributed by atoms with Gasteiger partial charge in [0.05, 0.1) is 11.5 Å². The van der Waals surface area contributed by atoms with Crippen LogP contribution in [-0.2, 0) is 16.3 Å². The lowest BCUT2D eigenvalue weighted by Crippen LogP contribution is -2.37. The maximum Gasteiger partial charge on any atom is 0.150 e. The van der Waals surface area contributed by atoms with Crippen molar-refractivity contribution < 1.29 is 12.8 Å². The van der Waals surface area contributed by atoms with Crippen LogP contribution < -0.4 is 0 Å². The third-order valence-corrected chi connectivity index (χ3v) is 8.68. The van der Waals surface area contributed by atoms with Crippen molar-refractivity contribution in [2.24, 2.45) is 11.3 Å². The summed E-state index contributed by atoms with van der Waals surface area (Å²) in [5.41, 5.74) is 0.318. The molecule has 0 bridgehead atoms. The molecule has 0 aromatic heterocycles. The van der Waals surface area contributed by atoms with Gasteiger partial charge in [-0.05, 0) is 47.9 Å². The fourth-order valence-electron chi connectivity index (χ4n) is 2.83. The Labute approximate surface area is 150 Å². The Morgan fingerprint density at radius 3 is 2.48 bits per heavy atom. The van der Waals surface area contributed by atoms with Crippen LogP contribution in [0.3, 0.4) is 0 Å². The summed E-state index contributed by atoms with van der Waals surface area (Å²) in [5, 5.41) is 1.27. The number of sulfone groups is 1. The van der Waals surface area contributed by atoms with E-state index in [4.69, 9.17) is 0 Å². The smallest absolute Gasteiger partial charge is 0.150 e. The predicted molar refractivity (Wildman–Crippen MR) is 94.6 cm³/mol. The van der Waals surface area contributed by atoms with Crippen molar-refractivity contribution in [1.29, 1.82) is 0 Å². The summed E-state index contributed by atoms with van der Waals surface area (Å²) in [6.45, 7) is 0. The number of alkyl halides is 2. The maximum absolute atomic E-state index is 14.0. The molecule has 1 aliphatic rings. The van der Waals surface area contributed by atoms with Crippen LogP contribution >= 0.6 is 47.8 Å². The summed E-state index contributed by atoms with van der Waals surface area (Å²) < 4.78 is 38.4. The number of hydrogen-bond acceptors (Lipinski definition) is 2. The molecule has 1 unspecified atom stereocenters.